The van der Waals surface area contributed by atoms with Gasteiger partial charge in [-0.25, -0.2) is 5.01 Å². The van der Waals surface area contributed by atoms with Gasteiger partial charge in [0.05, 0.1) is 0 Å². The van der Waals surface area contributed by atoms with Crippen LogP contribution in [0.4, 0.5) is 5.82 Å². The molecule has 86 valence electrons. The van der Waals surface area contributed by atoms with Crippen LogP contribution in [0.3, 0.4) is 0 Å². The number of carbonyl (C=O) groups excluding carboxylic acids is 1. The molecule has 1 aliphatic heterocycles. The summed E-state index contributed by atoms with van der Waals surface area (Å²) in [5.41, 5.74) is 2.05. The highest BCUT2D eigenvalue weighted by Gasteiger charge is 2.26. The molecule has 17 heavy (non-hydrogen) atoms. The summed E-state index contributed by atoms with van der Waals surface area (Å²) in [6.07, 6.45) is 1.66. The average molecular weight is 227 g/mol. The van der Waals surface area contributed by atoms with Gasteiger partial charge in [0, 0.05) is 23.0 Å². The summed E-state index contributed by atoms with van der Waals surface area (Å²) < 4.78 is 0. The van der Waals surface area contributed by atoms with Crippen LogP contribution in [-0.4, -0.2) is 23.0 Å². The zero-order valence-electron chi connectivity index (χ0n) is 9.55. The van der Waals surface area contributed by atoms with E-state index >= 15 is 0 Å². The van der Waals surface area contributed by atoms with Crippen LogP contribution < -0.4 is 5.01 Å². The van der Waals surface area contributed by atoms with Crippen molar-refractivity contribution in [1.82, 2.24) is 4.98 Å². The highest BCUT2D eigenvalue weighted by Crippen LogP contribution is 2.26. The van der Waals surface area contributed by atoms with Gasteiger partial charge in [-0.1, -0.05) is 18.2 Å². The van der Waals surface area contributed by atoms with E-state index in [1.165, 1.54) is 0 Å². The van der Waals surface area contributed by atoms with Gasteiger partial charge < -0.3 is 9.78 Å². The first kappa shape index (κ1) is 10.1. The molecule has 4 nitrogen and oxygen atoms in total. The minimum atomic E-state index is -0.178. The summed E-state index contributed by atoms with van der Waals surface area (Å²) in [5.74, 6) is 0.875. The number of aromatic amines is 1. The first-order chi connectivity index (χ1) is 8.28. The number of nitrogens with zero attached hydrogens (tertiary/aromatic N) is 2. The Morgan fingerprint density at radius 2 is 2.29 bits per heavy atom. The molecule has 1 aliphatic rings. The number of carbonyl (C=O) groups is 1. The molecular formula is C13H13N3O. The predicted octanol–water partition coefficient (Wildman–Crippen LogP) is 2.32. The Hall–Kier alpha value is -2.10. The summed E-state index contributed by atoms with van der Waals surface area (Å²) in [6.45, 7) is 1.94. The van der Waals surface area contributed by atoms with Crippen molar-refractivity contribution < 1.29 is 4.79 Å². The summed E-state index contributed by atoms with van der Waals surface area (Å²) in [7, 11) is 0. The predicted molar refractivity (Wildman–Crippen MR) is 68.4 cm³/mol. The lowest BCUT2D eigenvalue weighted by atomic mass is 10.2. The smallest absolute Gasteiger partial charge is 0.145 e. The van der Waals surface area contributed by atoms with E-state index in [4.69, 9.17) is 0 Å². The van der Waals surface area contributed by atoms with E-state index in [2.05, 4.69) is 10.1 Å². The summed E-state index contributed by atoms with van der Waals surface area (Å²) in [6, 6.07) is 9.88. The Balaban J connectivity index is 2.05. The third-order valence-corrected chi connectivity index (χ3v) is 3.02. The molecule has 0 saturated carbocycles. The number of aldehydes is 1. The number of rotatable bonds is 2. The highest BCUT2D eigenvalue weighted by atomic mass is 16.1. The second kappa shape index (κ2) is 3.73. The molecule has 2 heterocycles. The van der Waals surface area contributed by atoms with Crippen molar-refractivity contribution in [3.05, 3.63) is 30.3 Å². The molecule has 4 heteroatoms. The van der Waals surface area contributed by atoms with Gasteiger partial charge in [-0.2, -0.15) is 5.10 Å². The number of H-pyrrole nitrogens is 1. The third-order valence-electron chi connectivity index (χ3n) is 3.02. The van der Waals surface area contributed by atoms with Gasteiger partial charge in [-0.15, -0.1) is 0 Å². The van der Waals surface area contributed by atoms with Gasteiger partial charge in [-0.3, -0.25) is 0 Å². The van der Waals surface area contributed by atoms with Gasteiger partial charge in [0.1, 0.15) is 18.1 Å². The standard InChI is InChI=1S/C13H13N3O/c1-9-6-11(8-17)16(15-9)13-7-10-4-2-3-5-12(10)14-13/h2-5,7-8,11,14H,6H2,1H3. The monoisotopic (exact) mass is 227 g/mol. The Morgan fingerprint density at radius 1 is 1.47 bits per heavy atom. The lowest BCUT2D eigenvalue weighted by Crippen LogP contribution is -2.27. The van der Waals surface area contributed by atoms with Gasteiger partial charge in [0.15, 0.2) is 0 Å². The molecule has 3 rings (SSSR count). The molecule has 0 bridgehead atoms. The molecule has 0 spiro atoms. The van der Waals surface area contributed by atoms with Crippen LogP contribution in [0.25, 0.3) is 10.9 Å². The van der Waals surface area contributed by atoms with Gasteiger partial charge in [0.25, 0.3) is 0 Å². The Morgan fingerprint density at radius 3 is 3.06 bits per heavy atom. The zero-order chi connectivity index (χ0) is 11.8. The van der Waals surface area contributed by atoms with E-state index < -0.39 is 0 Å². The molecule has 0 amide bonds. The van der Waals surface area contributed by atoms with E-state index in [1.54, 1.807) is 5.01 Å². The van der Waals surface area contributed by atoms with E-state index in [0.29, 0.717) is 6.42 Å². The molecule has 0 fully saturated rings. The quantitative estimate of drug-likeness (QED) is 0.800. The summed E-state index contributed by atoms with van der Waals surface area (Å²) in [5, 5.41) is 7.29. The Kier molecular flexibility index (Phi) is 2.21. The average Bonchev–Trinajstić information content (AvgIpc) is 2.91. The van der Waals surface area contributed by atoms with Crippen molar-refractivity contribution in [3.63, 3.8) is 0 Å². The molecule has 2 aromatic rings. The molecule has 1 aromatic heterocycles. The fourth-order valence-corrected chi connectivity index (χ4v) is 2.21. The number of hydrogen-bond donors (Lipinski definition) is 1. The minimum absolute atomic E-state index is 0.178. The molecule has 1 aromatic carbocycles. The van der Waals surface area contributed by atoms with Crippen LogP contribution in [0.5, 0.6) is 0 Å². The highest BCUT2D eigenvalue weighted by molar-refractivity contribution is 5.92. The van der Waals surface area contributed by atoms with Crippen LogP contribution in [0.15, 0.2) is 35.4 Å². The maximum Gasteiger partial charge on any atom is 0.145 e. The van der Waals surface area contributed by atoms with Crippen molar-refractivity contribution in [3.8, 4) is 0 Å². The van der Waals surface area contributed by atoms with E-state index in [0.717, 1.165) is 28.7 Å². The third kappa shape index (κ3) is 1.62. The van der Waals surface area contributed by atoms with Crippen LogP contribution in [0, 0.1) is 0 Å². The number of para-hydroxylation sites is 1. The van der Waals surface area contributed by atoms with Crippen molar-refractivity contribution in [2.24, 2.45) is 5.10 Å². The van der Waals surface area contributed by atoms with E-state index in [1.807, 2.05) is 37.3 Å². The van der Waals surface area contributed by atoms with Crippen molar-refractivity contribution >= 4 is 28.7 Å². The number of fused-ring (bicyclic) bond motifs is 1. The van der Waals surface area contributed by atoms with Gasteiger partial charge in [0.2, 0.25) is 0 Å². The molecule has 0 radical (unpaired) electrons. The van der Waals surface area contributed by atoms with Gasteiger partial charge in [-0.05, 0) is 19.1 Å². The molecule has 0 saturated heterocycles. The minimum Gasteiger partial charge on any atom is -0.340 e. The lowest BCUT2D eigenvalue weighted by molar-refractivity contribution is -0.108. The van der Waals surface area contributed by atoms with E-state index in [-0.39, 0.29) is 6.04 Å². The Labute approximate surface area is 98.9 Å². The number of aromatic nitrogens is 1. The first-order valence-corrected chi connectivity index (χ1v) is 5.64. The normalized spacial score (nSPS) is 19.7. The fraction of sp³-hybridized carbons (Fsp3) is 0.231. The zero-order valence-corrected chi connectivity index (χ0v) is 9.55. The van der Waals surface area contributed by atoms with Crippen LogP contribution in [0.1, 0.15) is 13.3 Å². The largest absolute Gasteiger partial charge is 0.340 e. The second-order valence-electron chi connectivity index (χ2n) is 4.33. The van der Waals surface area contributed by atoms with Gasteiger partial charge >= 0.3 is 0 Å². The number of benzene rings is 1. The topological polar surface area (TPSA) is 48.5 Å². The Bertz CT molecular complexity index is 566. The maximum absolute atomic E-state index is 11.0. The number of hydrazone groups is 1. The first-order valence-electron chi connectivity index (χ1n) is 5.64. The maximum atomic E-state index is 11.0. The molecule has 1 unspecified atom stereocenters. The lowest BCUT2D eigenvalue weighted by Gasteiger charge is -2.16. The fourth-order valence-electron chi connectivity index (χ4n) is 2.21. The van der Waals surface area contributed by atoms with Crippen LogP contribution in [-0.2, 0) is 4.79 Å². The van der Waals surface area contributed by atoms with Crippen molar-refractivity contribution in [2.75, 3.05) is 5.01 Å². The molecular weight excluding hydrogens is 214 g/mol. The van der Waals surface area contributed by atoms with Crippen LogP contribution >= 0.6 is 0 Å². The SMILES string of the molecule is CC1=NN(c2cc3ccccc3[nH]2)C(C=O)C1. The summed E-state index contributed by atoms with van der Waals surface area (Å²) >= 11 is 0. The molecule has 0 aliphatic carbocycles. The van der Waals surface area contributed by atoms with E-state index in [9.17, 15) is 4.79 Å². The number of anilines is 1. The van der Waals surface area contributed by atoms with Crippen LogP contribution in [0.2, 0.25) is 0 Å². The molecule has 1 N–H and O–H groups in total. The number of hydrogen-bond acceptors (Lipinski definition) is 3. The van der Waals surface area contributed by atoms with Crippen molar-refractivity contribution in [1.29, 1.82) is 0 Å². The second-order valence-corrected chi connectivity index (χ2v) is 4.33. The van der Waals surface area contributed by atoms with Crippen molar-refractivity contribution in [2.45, 2.75) is 19.4 Å². The molecule has 1 atom stereocenters. The summed E-state index contributed by atoms with van der Waals surface area (Å²) in [4.78, 5) is 14.3. The number of nitrogens with one attached hydrogen (secondary N) is 1.